The number of nitrogens with one attached hydrogen (secondary N) is 1. The van der Waals surface area contributed by atoms with E-state index in [9.17, 15) is 9.18 Å². The van der Waals surface area contributed by atoms with E-state index in [0.29, 0.717) is 11.1 Å². The van der Waals surface area contributed by atoms with Crippen LogP contribution in [0, 0.1) is 5.82 Å². The number of rotatable bonds is 3. The lowest BCUT2D eigenvalue weighted by Crippen LogP contribution is -2.18. The maximum absolute atomic E-state index is 13.4. The zero-order chi connectivity index (χ0) is 15.4. The molecule has 0 spiro atoms. The highest BCUT2D eigenvalue weighted by molar-refractivity contribution is 6.07. The number of hydrogen-bond acceptors (Lipinski definition) is 2. The highest BCUT2D eigenvalue weighted by atomic mass is 19.1. The van der Waals surface area contributed by atoms with Gasteiger partial charge in [0.2, 0.25) is 0 Å². The molecule has 0 aliphatic carbocycles. The summed E-state index contributed by atoms with van der Waals surface area (Å²) < 4.78 is 13.4. The summed E-state index contributed by atoms with van der Waals surface area (Å²) in [4.78, 5) is 12.2. The van der Waals surface area contributed by atoms with Crippen molar-refractivity contribution in [3.63, 3.8) is 0 Å². The monoisotopic (exact) mass is 292 g/mol. The second-order valence-electron chi connectivity index (χ2n) is 4.75. The fourth-order valence-electron chi connectivity index (χ4n) is 2.22. The molecular formula is C18H13FN2O. The molecule has 22 heavy (non-hydrogen) atoms. The van der Waals surface area contributed by atoms with Crippen molar-refractivity contribution in [2.75, 3.05) is 0 Å². The first-order chi connectivity index (χ1) is 10.8. The van der Waals surface area contributed by atoms with E-state index in [1.165, 1.54) is 12.3 Å². The van der Waals surface area contributed by atoms with Gasteiger partial charge in [-0.05, 0) is 22.9 Å². The minimum Gasteiger partial charge on any atom is -0.267 e. The van der Waals surface area contributed by atoms with Crippen molar-refractivity contribution in [2.45, 2.75) is 0 Å². The Kier molecular flexibility index (Phi) is 3.92. The van der Waals surface area contributed by atoms with E-state index >= 15 is 0 Å². The molecule has 3 nitrogen and oxygen atoms in total. The Morgan fingerprint density at radius 1 is 0.955 bits per heavy atom. The summed E-state index contributed by atoms with van der Waals surface area (Å²) in [7, 11) is 0. The van der Waals surface area contributed by atoms with Crippen molar-refractivity contribution in [1.29, 1.82) is 0 Å². The molecule has 3 aromatic carbocycles. The summed E-state index contributed by atoms with van der Waals surface area (Å²) in [5.74, 6) is -0.713. The largest absolute Gasteiger partial charge is 0.271 e. The van der Waals surface area contributed by atoms with E-state index < -0.39 is 0 Å². The first kappa shape index (κ1) is 13.9. The van der Waals surface area contributed by atoms with Gasteiger partial charge in [-0.15, -0.1) is 0 Å². The Balaban J connectivity index is 1.81. The number of carbonyl (C=O) groups is 1. The van der Waals surface area contributed by atoms with Crippen molar-refractivity contribution >= 4 is 22.9 Å². The van der Waals surface area contributed by atoms with Crippen LogP contribution in [-0.4, -0.2) is 12.1 Å². The Hall–Kier alpha value is -3.01. The van der Waals surface area contributed by atoms with E-state index in [2.05, 4.69) is 10.5 Å². The molecule has 0 aromatic heterocycles. The fourth-order valence-corrected chi connectivity index (χ4v) is 2.22. The maximum atomic E-state index is 13.4. The summed E-state index contributed by atoms with van der Waals surface area (Å²) in [6.45, 7) is 0. The predicted molar refractivity (Wildman–Crippen MR) is 85.4 cm³/mol. The second-order valence-corrected chi connectivity index (χ2v) is 4.75. The number of amides is 1. The van der Waals surface area contributed by atoms with E-state index in [1.807, 2.05) is 36.4 Å². The highest BCUT2D eigenvalue weighted by Crippen LogP contribution is 2.18. The van der Waals surface area contributed by atoms with Crippen LogP contribution in [-0.2, 0) is 0 Å². The molecule has 0 radical (unpaired) electrons. The average Bonchev–Trinajstić information content (AvgIpc) is 2.56. The number of hydrogen-bond donors (Lipinski definition) is 1. The molecular weight excluding hydrogens is 279 g/mol. The van der Waals surface area contributed by atoms with Crippen LogP contribution in [0.2, 0.25) is 0 Å². The Morgan fingerprint density at radius 2 is 1.68 bits per heavy atom. The number of benzene rings is 3. The lowest BCUT2D eigenvalue weighted by atomic mass is 10.0. The molecule has 0 saturated carbocycles. The molecule has 0 saturated heterocycles. The van der Waals surface area contributed by atoms with Crippen LogP contribution in [0.5, 0.6) is 0 Å². The normalized spacial score (nSPS) is 11.0. The summed E-state index contributed by atoms with van der Waals surface area (Å²) in [6, 6.07) is 19.3. The van der Waals surface area contributed by atoms with Crippen molar-refractivity contribution in [1.82, 2.24) is 5.43 Å². The molecule has 0 unspecified atom stereocenters. The summed E-state index contributed by atoms with van der Waals surface area (Å²) in [5, 5.41) is 5.65. The Labute approximate surface area is 127 Å². The summed E-state index contributed by atoms with van der Waals surface area (Å²) in [5.41, 5.74) is 3.28. The van der Waals surface area contributed by atoms with Gasteiger partial charge in [0.15, 0.2) is 0 Å². The van der Waals surface area contributed by atoms with Crippen LogP contribution >= 0.6 is 0 Å². The first-order valence-electron chi connectivity index (χ1n) is 6.81. The quantitative estimate of drug-likeness (QED) is 0.580. The van der Waals surface area contributed by atoms with Gasteiger partial charge in [-0.3, -0.25) is 4.79 Å². The predicted octanol–water partition coefficient (Wildman–Crippen LogP) is 3.74. The molecule has 108 valence electrons. The average molecular weight is 292 g/mol. The number of fused-ring (bicyclic) bond motifs is 1. The first-order valence-corrected chi connectivity index (χ1v) is 6.81. The van der Waals surface area contributed by atoms with Gasteiger partial charge >= 0.3 is 0 Å². The van der Waals surface area contributed by atoms with Crippen molar-refractivity contribution < 1.29 is 9.18 Å². The van der Waals surface area contributed by atoms with Crippen LogP contribution < -0.4 is 5.43 Å². The SMILES string of the molecule is O=C(N/N=C\c1ccccc1F)c1cccc2ccccc12. The van der Waals surface area contributed by atoms with Gasteiger partial charge in [0.25, 0.3) is 5.91 Å². The fraction of sp³-hybridized carbons (Fsp3) is 0. The van der Waals surface area contributed by atoms with Gasteiger partial charge in [0.1, 0.15) is 5.82 Å². The molecule has 0 fully saturated rings. The number of nitrogens with zero attached hydrogens (tertiary/aromatic N) is 1. The lowest BCUT2D eigenvalue weighted by molar-refractivity contribution is 0.0957. The van der Waals surface area contributed by atoms with Gasteiger partial charge in [0.05, 0.1) is 6.21 Å². The number of hydrazone groups is 1. The van der Waals surface area contributed by atoms with E-state index in [-0.39, 0.29) is 11.7 Å². The minimum atomic E-state index is -0.384. The maximum Gasteiger partial charge on any atom is 0.271 e. The van der Waals surface area contributed by atoms with Crippen LogP contribution in [0.4, 0.5) is 4.39 Å². The molecule has 0 bridgehead atoms. The Bertz CT molecular complexity index is 853. The molecule has 1 amide bonds. The number of carbonyl (C=O) groups excluding carboxylic acids is 1. The second kappa shape index (κ2) is 6.18. The van der Waals surface area contributed by atoms with E-state index in [0.717, 1.165) is 10.8 Å². The third kappa shape index (κ3) is 2.86. The zero-order valence-corrected chi connectivity index (χ0v) is 11.7. The molecule has 4 heteroatoms. The Morgan fingerprint density at radius 3 is 2.55 bits per heavy atom. The molecule has 3 rings (SSSR count). The smallest absolute Gasteiger partial charge is 0.267 e. The third-order valence-electron chi connectivity index (χ3n) is 3.31. The van der Waals surface area contributed by atoms with Crippen molar-refractivity contribution in [3.05, 3.63) is 83.7 Å². The topological polar surface area (TPSA) is 41.5 Å². The highest BCUT2D eigenvalue weighted by Gasteiger charge is 2.08. The van der Waals surface area contributed by atoms with Gasteiger partial charge in [-0.2, -0.15) is 5.10 Å². The standard InChI is InChI=1S/C18H13FN2O/c19-17-11-4-2-7-14(17)12-20-21-18(22)16-10-5-8-13-6-1-3-9-15(13)16/h1-12H,(H,21,22)/b20-12-. The van der Waals surface area contributed by atoms with Crippen molar-refractivity contribution in [2.24, 2.45) is 5.10 Å². The van der Waals surface area contributed by atoms with Gasteiger partial charge in [-0.1, -0.05) is 54.6 Å². The third-order valence-corrected chi connectivity index (χ3v) is 3.31. The van der Waals surface area contributed by atoms with Gasteiger partial charge in [0, 0.05) is 11.1 Å². The van der Waals surface area contributed by atoms with Crippen LogP contribution in [0.1, 0.15) is 15.9 Å². The molecule has 0 atom stereocenters. The molecule has 1 N–H and O–H groups in total. The van der Waals surface area contributed by atoms with Gasteiger partial charge in [-0.25, -0.2) is 9.82 Å². The molecule has 0 aliphatic heterocycles. The molecule has 0 aliphatic rings. The lowest BCUT2D eigenvalue weighted by Gasteiger charge is -2.04. The number of halogens is 1. The van der Waals surface area contributed by atoms with Crippen molar-refractivity contribution in [3.8, 4) is 0 Å². The summed E-state index contributed by atoms with van der Waals surface area (Å²) >= 11 is 0. The zero-order valence-electron chi connectivity index (χ0n) is 11.7. The van der Waals surface area contributed by atoms with E-state index in [1.54, 1.807) is 24.3 Å². The van der Waals surface area contributed by atoms with Crippen LogP contribution in [0.3, 0.4) is 0 Å². The van der Waals surface area contributed by atoms with Crippen LogP contribution in [0.25, 0.3) is 10.8 Å². The van der Waals surface area contributed by atoms with Gasteiger partial charge < -0.3 is 0 Å². The minimum absolute atomic E-state index is 0.320. The summed E-state index contributed by atoms with van der Waals surface area (Å²) in [6.07, 6.45) is 1.29. The van der Waals surface area contributed by atoms with E-state index in [4.69, 9.17) is 0 Å². The van der Waals surface area contributed by atoms with Crippen LogP contribution in [0.15, 0.2) is 71.8 Å². The molecule has 0 heterocycles. The molecule has 3 aromatic rings.